The Bertz CT molecular complexity index is 1470. The van der Waals surface area contributed by atoms with Crippen molar-refractivity contribution in [1.29, 1.82) is 0 Å². The van der Waals surface area contributed by atoms with Crippen molar-refractivity contribution in [2.45, 2.75) is 110 Å². The smallest absolute Gasteiger partial charge is 0.349 e. The van der Waals surface area contributed by atoms with Crippen LogP contribution in [0.3, 0.4) is 0 Å². The van der Waals surface area contributed by atoms with Gasteiger partial charge in [-0.05, 0) is 46.6 Å². The molecule has 0 spiro atoms. The van der Waals surface area contributed by atoms with Crippen LogP contribution in [0.4, 0.5) is 0 Å². The van der Waals surface area contributed by atoms with E-state index in [1.54, 1.807) is 16.7 Å². The molecule has 2 fully saturated rings. The van der Waals surface area contributed by atoms with Gasteiger partial charge in [0.25, 0.3) is 11.8 Å². The Morgan fingerprint density at radius 1 is 0.846 bits per heavy atom. The highest BCUT2D eigenvalue weighted by molar-refractivity contribution is 7.55. The molecule has 18 nitrogen and oxygen atoms in total. The van der Waals surface area contributed by atoms with Crippen LogP contribution in [0.1, 0.15) is 48.5 Å². The molecule has 2 saturated heterocycles. The number of ether oxygens (including phenoxy) is 6. The van der Waals surface area contributed by atoms with Crippen LogP contribution in [0.5, 0.6) is 0 Å². The molecule has 52 heavy (non-hydrogen) atoms. The van der Waals surface area contributed by atoms with Gasteiger partial charge in [0.15, 0.2) is 12.5 Å². The summed E-state index contributed by atoms with van der Waals surface area (Å²) in [6.07, 6.45) is 0.381. The van der Waals surface area contributed by atoms with Crippen LogP contribution >= 0.6 is 15.2 Å². The number of hydrogen-bond acceptors (Lipinski definition) is 12. The van der Waals surface area contributed by atoms with Crippen molar-refractivity contribution in [1.82, 2.24) is 20.4 Å². The highest BCUT2D eigenvalue weighted by atomic mass is 31.2. The molecule has 4 aliphatic rings. The molecule has 0 saturated carbocycles. The van der Waals surface area contributed by atoms with E-state index in [1.165, 1.54) is 38.8 Å². The van der Waals surface area contributed by atoms with Gasteiger partial charge in [-0.1, -0.05) is 20.6 Å². The van der Waals surface area contributed by atoms with Gasteiger partial charge in [-0.3, -0.25) is 18.7 Å². The molecule has 2 unspecified atom stereocenters. The van der Waals surface area contributed by atoms with Crippen LogP contribution < -0.4 is 10.6 Å². The first-order valence-electron chi connectivity index (χ1n) is 16.0. The second-order valence-corrected chi connectivity index (χ2v) is 15.9. The standard InChI is InChI=1S/C16H25N2O7P.C15H25N2O7P.CH4/c1-9(2)24-14-13(10(3)8-26(20,21)22)25-16(15(14)23-5)18-7-6-12(19)17-11(18)4;1-9(2)23-13-11(6-8-25(19,20)21)24-15(14(13)22-4)17-7-5-12(18)16-10(17)3;/h6-9,13-16H,4H2,1-3,5H3,(H,17,19)(H2,20,21,22);5,7,9,11,13-15H,3,6,8H2,1-2,4H3,(H,16,18)(H2,19,20,21);1H4/b10-8+;;/t13-,14?,15+,16-;11-,13?,14+,15-;/m11./s1. The van der Waals surface area contributed by atoms with Crippen molar-refractivity contribution in [2.24, 2.45) is 0 Å². The molecule has 6 N–H and O–H groups in total. The summed E-state index contributed by atoms with van der Waals surface area (Å²) in [5, 5.41) is 5.16. The Hall–Kier alpha value is -2.70. The Labute approximate surface area is 304 Å². The Kier molecular flexibility index (Phi) is 16.7. The minimum atomic E-state index is -4.38. The summed E-state index contributed by atoms with van der Waals surface area (Å²) in [4.78, 5) is 62.9. The highest BCUT2D eigenvalue weighted by Gasteiger charge is 2.51. The Morgan fingerprint density at radius 3 is 1.69 bits per heavy atom. The summed E-state index contributed by atoms with van der Waals surface area (Å²) in [6.45, 7) is 16.6. The maximum atomic E-state index is 11.4. The zero-order valence-corrected chi connectivity index (χ0v) is 31.4. The molecule has 4 heterocycles. The number of rotatable bonds is 13. The molecule has 4 rings (SSSR count). The maximum absolute atomic E-state index is 11.4. The molecular weight excluding hydrogens is 726 g/mol. The summed E-state index contributed by atoms with van der Waals surface area (Å²) in [5.74, 6) is 0.915. The summed E-state index contributed by atoms with van der Waals surface area (Å²) in [7, 11) is -5.52. The van der Waals surface area contributed by atoms with Crippen molar-refractivity contribution in [2.75, 3.05) is 20.4 Å². The van der Waals surface area contributed by atoms with E-state index in [9.17, 15) is 28.5 Å². The number of hydrogen-bond donors (Lipinski definition) is 6. The highest BCUT2D eigenvalue weighted by Crippen LogP contribution is 2.42. The third kappa shape index (κ3) is 12.4. The SMILES string of the molecule is C.C=C1NC(=O)C=CN1[C@@H]1O[C@H](/C(C)=C/P(=O)(O)O)C(OC(C)C)[C@@H]1OC.C=C1NC(=O)C=CN1[C@@H]1O[C@H](CCP(=O)(O)O)C(OC(C)C)[C@@H]1OC. The minimum Gasteiger partial charge on any atom is -0.374 e. The predicted octanol–water partition coefficient (Wildman–Crippen LogP) is 2.16. The number of amides is 2. The topological polar surface area (TPSA) is 235 Å². The Morgan fingerprint density at radius 2 is 1.29 bits per heavy atom. The van der Waals surface area contributed by atoms with Gasteiger partial charge in [0, 0.05) is 44.6 Å². The van der Waals surface area contributed by atoms with Crippen molar-refractivity contribution in [3.8, 4) is 0 Å². The van der Waals surface area contributed by atoms with Crippen LogP contribution in [0.2, 0.25) is 0 Å². The predicted molar refractivity (Wildman–Crippen MR) is 190 cm³/mol. The molecule has 0 radical (unpaired) electrons. The third-order valence-corrected chi connectivity index (χ3v) is 9.47. The Balaban J connectivity index is 0.000000354. The molecule has 296 valence electrons. The van der Waals surface area contributed by atoms with Crippen LogP contribution in [0, 0.1) is 0 Å². The van der Waals surface area contributed by atoms with Crippen molar-refractivity contribution in [3.63, 3.8) is 0 Å². The summed E-state index contributed by atoms with van der Waals surface area (Å²) >= 11 is 0. The third-order valence-electron chi connectivity index (χ3n) is 7.88. The van der Waals surface area contributed by atoms with Crippen molar-refractivity contribution in [3.05, 3.63) is 60.7 Å². The van der Waals surface area contributed by atoms with E-state index in [4.69, 9.17) is 38.2 Å². The van der Waals surface area contributed by atoms with Crippen LogP contribution in [0.15, 0.2) is 60.7 Å². The molecule has 2 amide bonds. The van der Waals surface area contributed by atoms with E-state index in [0.717, 1.165) is 5.82 Å². The molecular formula is C32H54N4O14P2. The largest absolute Gasteiger partial charge is 0.374 e. The average molecular weight is 781 g/mol. The monoisotopic (exact) mass is 780 g/mol. The van der Waals surface area contributed by atoms with Gasteiger partial charge in [0.05, 0.1) is 24.5 Å². The first kappa shape index (κ1) is 45.5. The van der Waals surface area contributed by atoms with Gasteiger partial charge in [-0.15, -0.1) is 0 Å². The van der Waals surface area contributed by atoms with Crippen molar-refractivity contribution >= 4 is 27.0 Å². The van der Waals surface area contributed by atoms with Gasteiger partial charge in [0.2, 0.25) is 0 Å². The lowest BCUT2D eigenvalue weighted by molar-refractivity contribution is -0.119. The second kappa shape index (κ2) is 19.1. The van der Waals surface area contributed by atoms with Crippen LogP contribution in [-0.4, -0.2) is 123 Å². The second-order valence-electron chi connectivity index (χ2n) is 12.7. The van der Waals surface area contributed by atoms with Gasteiger partial charge in [-0.25, -0.2) is 0 Å². The fourth-order valence-electron chi connectivity index (χ4n) is 5.92. The number of methoxy groups -OCH3 is 2. The number of carbonyl (C=O) groups excluding carboxylic acids is 2. The van der Waals surface area contributed by atoms with E-state index < -0.39 is 64.3 Å². The number of carbonyl (C=O) groups is 2. The summed E-state index contributed by atoms with van der Waals surface area (Å²) in [6, 6.07) is 0. The molecule has 0 aromatic rings. The fourth-order valence-corrected chi connectivity index (χ4v) is 7.19. The van der Waals surface area contributed by atoms with E-state index in [0.29, 0.717) is 17.2 Å². The molecule has 0 aromatic carbocycles. The van der Waals surface area contributed by atoms with E-state index in [2.05, 4.69) is 23.8 Å². The lowest BCUT2D eigenvalue weighted by Crippen LogP contribution is -2.47. The van der Waals surface area contributed by atoms with Crippen molar-refractivity contribution < 1.29 is 66.7 Å². The quantitative estimate of drug-likeness (QED) is 0.147. The van der Waals surface area contributed by atoms with Crippen LogP contribution in [0.25, 0.3) is 0 Å². The fraction of sp³-hybridized carbons (Fsp3) is 0.625. The first-order chi connectivity index (χ1) is 23.6. The van der Waals surface area contributed by atoms with Crippen LogP contribution in [-0.2, 0) is 47.1 Å². The number of nitrogens with zero attached hydrogens (tertiary/aromatic N) is 2. The molecule has 20 heteroatoms. The van der Waals surface area contributed by atoms with Gasteiger partial charge >= 0.3 is 15.2 Å². The molecule has 0 aromatic heterocycles. The molecule has 0 bridgehead atoms. The average Bonchev–Trinajstić information content (AvgIpc) is 3.51. The number of nitrogens with one attached hydrogen (secondary N) is 2. The zero-order chi connectivity index (χ0) is 38.4. The van der Waals surface area contributed by atoms with Gasteiger partial charge < -0.3 is 68.4 Å². The normalized spacial score (nSPS) is 29.7. The van der Waals surface area contributed by atoms with Gasteiger partial charge in [-0.2, -0.15) is 0 Å². The van der Waals surface area contributed by atoms with E-state index in [-0.39, 0.29) is 44.0 Å². The lowest BCUT2D eigenvalue weighted by atomic mass is 10.0. The molecule has 0 aliphatic carbocycles. The lowest BCUT2D eigenvalue weighted by Gasteiger charge is -2.34. The zero-order valence-electron chi connectivity index (χ0n) is 29.6. The van der Waals surface area contributed by atoms with Gasteiger partial charge in [0.1, 0.15) is 42.2 Å². The first-order valence-corrected chi connectivity index (χ1v) is 19.5. The summed E-state index contributed by atoms with van der Waals surface area (Å²) < 4.78 is 57.6. The molecule has 4 aliphatic heterocycles. The minimum absolute atomic E-state index is 0. The van der Waals surface area contributed by atoms with E-state index >= 15 is 0 Å². The summed E-state index contributed by atoms with van der Waals surface area (Å²) in [5.41, 5.74) is 0.337. The van der Waals surface area contributed by atoms with E-state index in [1.807, 2.05) is 27.7 Å². The maximum Gasteiger partial charge on any atom is 0.349 e. The molecule has 8 atom stereocenters.